The topological polar surface area (TPSA) is 144 Å². The smallest absolute Gasteiger partial charge is 0.410 e. The summed E-state index contributed by atoms with van der Waals surface area (Å²) in [5.74, 6) is -1.96. The van der Waals surface area contributed by atoms with Crippen LogP contribution in [-0.2, 0) is 31.9 Å². The Balaban J connectivity index is 1.28. The van der Waals surface area contributed by atoms with Crippen LogP contribution in [0.4, 0.5) is 4.79 Å². The molecule has 1 aromatic heterocycles. The molecule has 1 fully saturated rings. The van der Waals surface area contributed by atoms with Crippen LogP contribution in [-0.4, -0.2) is 81.7 Å². The van der Waals surface area contributed by atoms with Gasteiger partial charge in [-0.15, -0.1) is 0 Å². The number of carbonyl (C=O) groups excluding carboxylic acids is 4. The number of benzene rings is 4. The van der Waals surface area contributed by atoms with Crippen LogP contribution in [0.25, 0.3) is 21.5 Å². The molecule has 5 aromatic rings. The maximum Gasteiger partial charge on any atom is 0.410 e. The number of esters is 1. The molecule has 0 spiro atoms. The fourth-order valence-electron chi connectivity index (χ4n) is 6.84. The van der Waals surface area contributed by atoms with Gasteiger partial charge in [0, 0.05) is 38.9 Å². The number of likely N-dealkylation sites (N-methyl/N-ethyl adjacent to an activating group) is 1. The minimum Gasteiger partial charge on any atom is -0.457 e. The molecule has 0 aliphatic carbocycles. The van der Waals surface area contributed by atoms with E-state index in [4.69, 9.17) is 14.0 Å². The molecule has 0 unspecified atom stereocenters. The number of amides is 3. The molecule has 0 saturated carbocycles. The van der Waals surface area contributed by atoms with E-state index in [1.807, 2.05) is 106 Å². The van der Waals surface area contributed by atoms with Gasteiger partial charge in [0.1, 0.15) is 17.7 Å². The van der Waals surface area contributed by atoms with Crippen LogP contribution in [0, 0.1) is 5.92 Å². The zero-order valence-electron chi connectivity index (χ0n) is 32.3. The van der Waals surface area contributed by atoms with Crippen molar-refractivity contribution in [2.75, 3.05) is 20.1 Å². The minimum absolute atomic E-state index is 0.0602. The number of ether oxygens (including phenoxy) is 2. The Kier molecular flexibility index (Phi) is 11.8. The van der Waals surface area contributed by atoms with E-state index in [1.165, 1.54) is 4.90 Å². The van der Waals surface area contributed by atoms with Gasteiger partial charge in [-0.05, 0) is 85.3 Å². The SMILES string of the molecule is CC(C)OC(=O)c1noc([C@@H](Cc2ccc3ccccc3c2)N(C)C(=O)[C@@H](Cc2ccc3ccccc3c2)NC(=O)C2CCN(C(=O)OC(C)(C)C)CC2)n1. The predicted molar refractivity (Wildman–Crippen MR) is 208 cm³/mol. The summed E-state index contributed by atoms with van der Waals surface area (Å²) in [6.45, 7) is 9.63. The van der Waals surface area contributed by atoms with E-state index in [0.29, 0.717) is 25.9 Å². The molecule has 0 radical (unpaired) electrons. The Hall–Kier alpha value is -5.78. The van der Waals surface area contributed by atoms with Crippen LogP contribution in [0.15, 0.2) is 89.5 Å². The number of rotatable bonds is 11. The molecular formula is C43H49N5O7. The van der Waals surface area contributed by atoms with Crippen molar-refractivity contribution in [2.45, 2.75) is 84.1 Å². The molecule has 1 saturated heterocycles. The number of hydrogen-bond acceptors (Lipinski definition) is 9. The number of piperidine rings is 1. The van der Waals surface area contributed by atoms with Gasteiger partial charge in [0.15, 0.2) is 0 Å². The second-order valence-corrected chi connectivity index (χ2v) is 15.4. The van der Waals surface area contributed by atoms with E-state index in [0.717, 1.165) is 32.7 Å². The molecule has 12 nitrogen and oxygen atoms in total. The number of nitrogens with zero attached hydrogens (tertiary/aromatic N) is 4. The second-order valence-electron chi connectivity index (χ2n) is 15.4. The summed E-state index contributed by atoms with van der Waals surface area (Å²) in [5, 5.41) is 11.2. The number of fused-ring (bicyclic) bond motifs is 2. The molecule has 6 rings (SSSR count). The van der Waals surface area contributed by atoms with Crippen LogP contribution < -0.4 is 5.32 Å². The van der Waals surface area contributed by atoms with Gasteiger partial charge >= 0.3 is 12.1 Å². The lowest BCUT2D eigenvalue weighted by molar-refractivity contribution is -0.139. The summed E-state index contributed by atoms with van der Waals surface area (Å²) in [7, 11) is 1.64. The third kappa shape index (κ3) is 9.86. The minimum atomic E-state index is -0.963. The monoisotopic (exact) mass is 747 g/mol. The van der Waals surface area contributed by atoms with Crippen molar-refractivity contribution in [2.24, 2.45) is 5.92 Å². The molecule has 55 heavy (non-hydrogen) atoms. The number of likely N-dealkylation sites (tertiary alicyclic amines) is 1. The van der Waals surface area contributed by atoms with Crippen molar-refractivity contribution in [1.29, 1.82) is 0 Å². The van der Waals surface area contributed by atoms with E-state index >= 15 is 0 Å². The number of nitrogens with one attached hydrogen (secondary N) is 1. The molecule has 12 heteroatoms. The van der Waals surface area contributed by atoms with Gasteiger partial charge in [0.2, 0.25) is 17.7 Å². The highest BCUT2D eigenvalue weighted by Crippen LogP contribution is 2.28. The van der Waals surface area contributed by atoms with Crippen molar-refractivity contribution >= 4 is 45.4 Å². The van der Waals surface area contributed by atoms with Gasteiger partial charge in [-0.1, -0.05) is 84.9 Å². The summed E-state index contributed by atoms with van der Waals surface area (Å²) >= 11 is 0. The fourth-order valence-corrected chi connectivity index (χ4v) is 6.84. The predicted octanol–water partition coefficient (Wildman–Crippen LogP) is 7.06. The lowest BCUT2D eigenvalue weighted by atomic mass is 9.94. The molecule has 1 N–H and O–H groups in total. The summed E-state index contributed by atoms with van der Waals surface area (Å²) in [5.41, 5.74) is 1.15. The highest BCUT2D eigenvalue weighted by molar-refractivity contribution is 5.90. The van der Waals surface area contributed by atoms with Crippen LogP contribution in [0.3, 0.4) is 0 Å². The quantitative estimate of drug-likeness (QED) is 0.141. The number of carbonyl (C=O) groups is 4. The molecule has 1 aliphatic heterocycles. The van der Waals surface area contributed by atoms with E-state index in [9.17, 15) is 19.2 Å². The number of aromatic nitrogens is 2. The van der Waals surface area contributed by atoms with Gasteiger partial charge in [-0.3, -0.25) is 9.59 Å². The Morgan fingerprint density at radius 3 is 1.98 bits per heavy atom. The molecule has 2 atom stereocenters. The van der Waals surface area contributed by atoms with E-state index in [2.05, 4.69) is 15.5 Å². The molecule has 3 amide bonds. The van der Waals surface area contributed by atoms with E-state index in [-0.39, 0.29) is 36.4 Å². The maximum absolute atomic E-state index is 14.8. The average Bonchev–Trinajstić information content (AvgIpc) is 3.65. The van der Waals surface area contributed by atoms with Crippen molar-refractivity contribution in [3.05, 3.63) is 108 Å². The normalized spacial score (nSPS) is 14.8. The zero-order chi connectivity index (χ0) is 39.3. The average molecular weight is 748 g/mol. The molecule has 2 heterocycles. The Morgan fingerprint density at radius 1 is 0.855 bits per heavy atom. The zero-order valence-corrected chi connectivity index (χ0v) is 32.3. The van der Waals surface area contributed by atoms with Crippen LogP contribution in [0.5, 0.6) is 0 Å². The molecule has 1 aliphatic rings. The summed E-state index contributed by atoms with van der Waals surface area (Å²) in [6.07, 6.45) is 0.564. The van der Waals surface area contributed by atoms with Gasteiger partial charge in [0.05, 0.1) is 6.10 Å². The first-order chi connectivity index (χ1) is 26.2. The van der Waals surface area contributed by atoms with Crippen molar-refractivity contribution < 1.29 is 33.2 Å². The third-order valence-corrected chi connectivity index (χ3v) is 9.70. The highest BCUT2D eigenvalue weighted by Gasteiger charge is 2.36. The summed E-state index contributed by atoms with van der Waals surface area (Å²) in [4.78, 5) is 61.7. The number of hydrogen-bond donors (Lipinski definition) is 1. The lowest BCUT2D eigenvalue weighted by Gasteiger charge is -2.34. The Labute approximate surface area is 321 Å². The van der Waals surface area contributed by atoms with Crippen LogP contribution in [0.1, 0.15) is 81.1 Å². The van der Waals surface area contributed by atoms with Crippen molar-refractivity contribution in [3.8, 4) is 0 Å². The van der Waals surface area contributed by atoms with Crippen LogP contribution in [0.2, 0.25) is 0 Å². The standard InChI is InChI=1S/C43H49N5O7/c1-27(2)53-41(51)37-45-39(55-46-37)36(26-29-16-18-31-12-8-10-14-34(31)24-29)47(6)40(50)35(25-28-15-17-30-11-7-9-13-33(30)23-28)44-38(49)32-19-21-48(22-20-32)42(52)54-43(3,4)5/h7-18,23-24,27,32,35-36H,19-22,25-26H2,1-6H3,(H,44,49)/t35-,36-/m1/s1. The van der Waals surface area contributed by atoms with Gasteiger partial charge < -0.3 is 29.1 Å². The molecular weight excluding hydrogens is 699 g/mol. The van der Waals surface area contributed by atoms with Gasteiger partial charge in [0.25, 0.3) is 5.82 Å². The Morgan fingerprint density at radius 2 is 1.42 bits per heavy atom. The molecule has 288 valence electrons. The molecule has 4 aromatic carbocycles. The van der Waals surface area contributed by atoms with Gasteiger partial charge in [-0.2, -0.15) is 4.98 Å². The first-order valence-electron chi connectivity index (χ1n) is 18.8. The molecule has 0 bridgehead atoms. The Bertz CT molecular complexity index is 2170. The fraction of sp³-hybridized carbons (Fsp3) is 0.395. The summed E-state index contributed by atoms with van der Waals surface area (Å²) < 4.78 is 16.5. The highest BCUT2D eigenvalue weighted by atomic mass is 16.6. The largest absolute Gasteiger partial charge is 0.457 e. The summed E-state index contributed by atoms with van der Waals surface area (Å²) in [6, 6.07) is 26.2. The van der Waals surface area contributed by atoms with E-state index < -0.39 is 41.8 Å². The third-order valence-electron chi connectivity index (χ3n) is 9.70. The first kappa shape index (κ1) is 38.9. The van der Waals surface area contributed by atoms with Crippen LogP contribution >= 0.6 is 0 Å². The van der Waals surface area contributed by atoms with Crippen molar-refractivity contribution in [3.63, 3.8) is 0 Å². The van der Waals surface area contributed by atoms with Gasteiger partial charge in [-0.25, -0.2) is 9.59 Å². The maximum atomic E-state index is 14.8. The lowest BCUT2D eigenvalue weighted by Crippen LogP contribution is -2.52. The van der Waals surface area contributed by atoms with E-state index in [1.54, 1.807) is 25.8 Å². The first-order valence-corrected chi connectivity index (χ1v) is 18.8. The second kappa shape index (κ2) is 16.7. The van der Waals surface area contributed by atoms with Crippen molar-refractivity contribution in [1.82, 2.24) is 25.3 Å².